The summed E-state index contributed by atoms with van der Waals surface area (Å²) in [7, 11) is -4.48. The molecule has 1 N–H and O–H groups in total. The molecule has 0 fully saturated rings. The van der Waals surface area contributed by atoms with Crippen LogP contribution in [0.15, 0.2) is 39.9 Å². The van der Waals surface area contributed by atoms with Crippen molar-refractivity contribution in [1.29, 1.82) is 0 Å². The van der Waals surface area contributed by atoms with E-state index in [9.17, 15) is 31.2 Å². The van der Waals surface area contributed by atoms with Crippen LogP contribution in [0.25, 0.3) is 5.69 Å². The van der Waals surface area contributed by atoms with E-state index in [2.05, 4.69) is 0 Å². The van der Waals surface area contributed by atoms with Crippen LogP contribution in [0.1, 0.15) is 24.2 Å². The van der Waals surface area contributed by atoms with Crippen LogP contribution >= 0.6 is 0 Å². The number of aryl methyl sites for hydroxylation is 1. The van der Waals surface area contributed by atoms with Gasteiger partial charge >= 0.3 is 11.9 Å². The third-order valence-electron chi connectivity index (χ3n) is 3.64. The summed E-state index contributed by atoms with van der Waals surface area (Å²) in [5.41, 5.74) is -2.87. The van der Waals surface area contributed by atoms with Crippen LogP contribution in [0.5, 0.6) is 0 Å². The molecule has 1 heterocycles. The van der Waals surface area contributed by atoms with Crippen molar-refractivity contribution in [3.05, 3.63) is 62.4 Å². The molecule has 0 saturated carbocycles. The highest BCUT2D eigenvalue weighted by atomic mass is 32.2. The lowest BCUT2D eigenvalue weighted by molar-refractivity contribution is -0.137. The summed E-state index contributed by atoms with van der Waals surface area (Å²) < 4.78 is 71.1. The van der Waals surface area contributed by atoms with Crippen molar-refractivity contribution in [2.24, 2.45) is 0 Å². The van der Waals surface area contributed by atoms with E-state index in [1.807, 2.05) is 0 Å². The van der Waals surface area contributed by atoms with E-state index < -0.39 is 44.9 Å². The summed E-state index contributed by atoms with van der Waals surface area (Å²) in [6.45, 7) is 2.59. The molecule has 0 aliphatic carbocycles. The lowest BCUT2D eigenvalue weighted by atomic mass is 10.2. The Labute approximate surface area is 146 Å². The molecule has 142 valence electrons. The van der Waals surface area contributed by atoms with E-state index in [4.69, 9.17) is 4.55 Å². The number of nitrogens with zero attached hydrogens (tertiary/aromatic N) is 2. The maximum atomic E-state index is 12.9. The molecule has 11 heteroatoms. The molecule has 26 heavy (non-hydrogen) atoms. The van der Waals surface area contributed by atoms with Gasteiger partial charge in [-0.05, 0) is 32.0 Å². The summed E-state index contributed by atoms with van der Waals surface area (Å²) >= 11 is 0. The van der Waals surface area contributed by atoms with Crippen molar-refractivity contribution in [3.8, 4) is 5.69 Å². The highest BCUT2D eigenvalue weighted by Gasteiger charge is 2.31. The molecule has 2 rings (SSSR count). The van der Waals surface area contributed by atoms with Gasteiger partial charge in [0.05, 0.1) is 23.0 Å². The fraction of sp³-hybridized carbons (Fsp3) is 0.333. The molecule has 1 unspecified atom stereocenters. The Morgan fingerprint density at radius 1 is 1.19 bits per heavy atom. The lowest BCUT2D eigenvalue weighted by Crippen LogP contribution is -2.43. The summed E-state index contributed by atoms with van der Waals surface area (Å²) in [5.74, 6) is -0.895. The molecule has 0 spiro atoms. The van der Waals surface area contributed by atoms with Crippen LogP contribution in [0.2, 0.25) is 0 Å². The number of hydrogen-bond donors (Lipinski definition) is 1. The van der Waals surface area contributed by atoms with Crippen LogP contribution in [0, 0.1) is 6.92 Å². The van der Waals surface area contributed by atoms with Crippen molar-refractivity contribution < 1.29 is 26.1 Å². The van der Waals surface area contributed by atoms with Gasteiger partial charge in [0, 0.05) is 11.8 Å². The average molecular weight is 392 g/mol. The first-order chi connectivity index (χ1) is 11.8. The number of halogens is 3. The highest BCUT2D eigenvalue weighted by molar-refractivity contribution is 7.85. The Bertz CT molecular complexity index is 1050. The second-order valence-electron chi connectivity index (χ2n) is 5.76. The third kappa shape index (κ3) is 4.22. The van der Waals surface area contributed by atoms with Gasteiger partial charge in [0.15, 0.2) is 0 Å². The van der Waals surface area contributed by atoms with Crippen LogP contribution in [0.3, 0.4) is 0 Å². The zero-order valence-electron chi connectivity index (χ0n) is 13.7. The SMILES string of the molecule is Cc1cc(=O)n(C(C)CS(=O)(=O)O)c(=O)n1-c1cccc(C(F)(F)F)c1. The molecule has 0 bridgehead atoms. The van der Waals surface area contributed by atoms with Crippen molar-refractivity contribution >= 4 is 10.1 Å². The molecule has 1 aromatic carbocycles. The van der Waals surface area contributed by atoms with E-state index in [1.165, 1.54) is 19.9 Å². The quantitative estimate of drug-likeness (QED) is 0.800. The third-order valence-corrected chi connectivity index (χ3v) is 4.55. The summed E-state index contributed by atoms with van der Waals surface area (Å²) in [6.07, 6.45) is -4.62. The number of benzene rings is 1. The number of aromatic nitrogens is 2. The second kappa shape index (κ2) is 6.72. The van der Waals surface area contributed by atoms with E-state index in [0.717, 1.165) is 28.8 Å². The van der Waals surface area contributed by atoms with Gasteiger partial charge in [-0.25, -0.2) is 4.79 Å². The van der Waals surface area contributed by atoms with Crippen molar-refractivity contribution in [3.63, 3.8) is 0 Å². The maximum Gasteiger partial charge on any atom is 0.416 e. The van der Waals surface area contributed by atoms with Crippen molar-refractivity contribution in [2.75, 3.05) is 5.75 Å². The van der Waals surface area contributed by atoms with Gasteiger partial charge in [-0.15, -0.1) is 0 Å². The Morgan fingerprint density at radius 3 is 2.35 bits per heavy atom. The number of rotatable bonds is 4. The maximum absolute atomic E-state index is 12.9. The minimum absolute atomic E-state index is 0.0784. The van der Waals surface area contributed by atoms with E-state index in [-0.39, 0.29) is 11.4 Å². The van der Waals surface area contributed by atoms with Crippen molar-refractivity contribution in [1.82, 2.24) is 9.13 Å². The van der Waals surface area contributed by atoms with E-state index in [0.29, 0.717) is 4.57 Å². The first kappa shape index (κ1) is 19.9. The first-order valence-corrected chi connectivity index (χ1v) is 8.90. The van der Waals surface area contributed by atoms with Crippen LogP contribution in [-0.4, -0.2) is 27.9 Å². The largest absolute Gasteiger partial charge is 0.416 e. The van der Waals surface area contributed by atoms with Gasteiger partial charge in [-0.2, -0.15) is 21.6 Å². The molecule has 0 saturated heterocycles. The predicted molar refractivity (Wildman–Crippen MR) is 87.2 cm³/mol. The molecule has 7 nitrogen and oxygen atoms in total. The van der Waals surface area contributed by atoms with Gasteiger partial charge in [0.2, 0.25) is 0 Å². The normalized spacial score (nSPS) is 13.6. The fourth-order valence-corrected chi connectivity index (χ4v) is 3.34. The van der Waals surface area contributed by atoms with Gasteiger partial charge in [-0.1, -0.05) is 6.07 Å². The average Bonchev–Trinajstić information content (AvgIpc) is 2.44. The van der Waals surface area contributed by atoms with E-state index >= 15 is 0 Å². The predicted octanol–water partition coefficient (Wildman–Crippen LogP) is 1.78. The highest BCUT2D eigenvalue weighted by Crippen LogP contribution is 2.30. The number of hydrogen-bond acceptors (Lipinski definition) is 4. The summed E-state index contributed by atoms with van der Waals surface area (Å²) in [6, 6.07) is 3.73. The summed E-state index contributed by atoms with van der Waals surface area (Å²) in [5, 5.41) is 0. The summed E-state index contributed by atoms with van der Waals surface area (Å²) in [4.78, 5) is 24.8. The lowest BCUT2D eigenvalue weighted by Gasteiger charge is -2.18. The zero-order valence-corrected chi connectivity index (χ0v) is 14.5. The molecule has 0 aliphatic heterocycles. The molecular formula is C15H15F3N2O5S. The molecule has 2 aromatic rings. The topological polar surface area (TPSA) is 98.4 Å². The Balaban J connectivity index is 2.71. The molecule has 0 radical (unpaired) electrons. The monoisotopic (exact) mass is 392 g/mol. The van der Waals surface area contributed by atoms with Gasteiger partial charge in [0.1, 0.15) is 0 Å². The van der Waals surface area contributed by atoms with Gasteiger partial charge in [-0.3, -0.25) is 18.5 Å². The Morgan fingerprint density at radius 2 is 1.81 bits per heavy atom. The number of alkyl halides is 3. The molecule has 0 amide bonds. The standard InChI is InChI=1S/C15H15F3N2O5S/c1-9-6-13(21)20(10(2)8-26(23,24)25)14(22)19(9)12-5-3-4-11(7-12)15(16,17)18/h3-7,10H,8H2,1-2H3,(H,23,24,25). The first-order valence-electron chi connectivity index (χ1n) is 7.29. The van der Waals surface area contributed by atoms with Crippen LogP contribution in [-0.2, 0) is 16.3 Å². The Kier molecular flexibility index (Phi) is 5.15. The smallest absolute Gasteiger partial charge is 0.285 e. The van der Waals surface area contributed by atoms with E-state index in [1.54, 1.807) is 0 Å². The van der Waals surface area contributed by atoms with Crippen LogP contribution < -0.4 is 11.2 Å². The van der Waals surface area contributed by atoms with Crippen LogP contribution in [0.4, 0.5) is 13.2 Å². The minimum Gasteiger partial charge on any atom is -0.285 e. The molecule has 1 aromatic heterocycles. The van der Waals surface area contributed by atoms with Crippen molar-refractivity contribution in [2.45, 2.75) is 26.1 Å². The minimum atomic E-state index is -4.62. The molecule has 0 aliphatic rings. The second-order valence-corrected chi connectivity index (χ2v) is 7.25. The van der Waals surface area contributed by atoms with Gasteiger partial charge < -0.3 is 0 Å². The Hall–Kier alpha value is -2.40. The van der Waals surface area contributed by atoms with Gasteiger partial charge in [0.25, 0.3) is 15.7 Å². The molecule has 1 atom stereocenters. The fourth-order valence-electron chi connectivity index (χ4n) is 2.59. The molecular weight excluding hydrogens is 377 g/mol. The zero-order chi connectivity index (χ0) is 19.9.